The summed E-state index contributed by atoms with van der Waals surface area (Å²) < 4.78 is 0. The number of hydrogen-bond acceptors (Lipinski definition) is 3. The number of aromatic nitrogens is 1. The Labute approximate surface area is 109 Å². The molecule has 1 N–H and O–H groups in total. The first-order valence-electron chi connectivity index (χ1n) is 6.50. The van der Waals surface area contributed by atoms with Gasteiger partial charge in [-0.1, -0.05) is 20.8 Å². The van der Waals surface area contributed by atoms with Crippen molar-refractivity contribution in [2.24, 2.45) is 0 Å². The Balaban J connectivity index is 3.14. The molecule has 0 saturated carbocycles. The number of nitrogens with zero attached hydrogens (tertiary/aromatic N) is 2. The second-order valence-corrected chi connectivity index (χ2v) is 4.45. The van der Waals surface area contributed by atoms with Gasteiger partial charge in [-0.15, -0.1) is 0 Å². The summed E-state index contributed by atoms with van der Waals surface area (Å²) >= 11 is 0. The van der Waals surface area contributed by atoms with Crippen LogP contribution in [0.4, 0.5) is 5.82 Å². The normalized spacial score (nSPS) is 10.7. The van der Waals surface area contributed by atoms with Gasteiger partial charge in [0.05, 0.1) is 5.56 Å². The maximum Gasteiger partial charge on any atom is 0.335 e. The number of hydrogen-bond donors (Lipinski definition) is 1. The highest BCUT2D eigenvalue weighted by Gasteiger charge is 2.15. The van der Waals surface area contributed by atoms with Gasteiger partial charge in [0.15, 0.2) is 0 Å². The summed E-state index contributed by atoms with van der Waals surface area (Å²) in [5.41, 5.74) is 1.14. The molecule has 1 aromatic rings. The van der Waals surface area contributed by atoms with Crippen LogP contribution in [0.3, 0.4) is 0 Å². The molecule has 1 aromatic heterocycles. The predicted octanol–water partition coefficient (Wildman–Crippen LogP) is 2.97. The lowest BCUT2D eigenvalue weighted by molar-refractivity contribution is 0.0696. The van der Waals surface area contributed by atoms with E-state index in [1.807, 2.05) is 14.0 Å². The predicted molar refractivity (Wildman–Crippen MR) is 73.3 cm³/mol. The third kappa shape index (κ3) is 3.22. The van der Waals surface area contributed by atoms with E-state index < -0.39 is 5.97 Å². The quantitative estimate of drug-likeness (QED) is 0.843. The summed E-state index contributed by atoms with van der Waals surface area (Å²) in [6.45, 7) is 6.24. The maximum atomic E-state index is 11.1. The fraction of sp³-hybridized carbons (Fsp3) is 0.571. The number of anilines is 1. The van der Waals surface area contributed by atoms with Crippen molar-refractivity contribution in [3.05, 3.63) is 23.4 Å². The van der Waals surface area contributed by atoms with Gasteiger partial charge in [0.2, 0.25) is 0 Å². The Hall–Kier alpha value is -1.58. The number of carboxylic acid groups (broad SMARTS) is 1. The SMILES string of the molecule is CCc1cc(C(=O)O)cc(N(C)C(CC)CC)n1. The van der Waals surface area contributed by atoms with E-state index in [4.69, 9.17) is 5.11 Å². The van der Waals surface area contributed by atoms with E-state index in [1.165, 1.54) is 0 Å². The van der Waals surface area contributed by atoms with Crippen LogP contribution in [0.5, 0.6) is 0 Å². The molecule has 0 aliphatic heterocycles. The second-order valence-electron chi connectivity index (χ2n) is 4.45. The maximum absolute atomic E-state index is 11.1. The first-order chi connectivity index (χ1) is 8.53. The van der Waals surface area contributed by atoms with Crippen molar-refractivity contribution in [2.45, 2.75) is 46.1 Å². The lowest BCUT2D eigenvalue weighted by atomic mass is 10.1. The number of carboxylic acids is 1. The molecule has 18 heavy (non-hydrogen) atoms. The highest BCUT2D eigenvalue weighted by Crippen LogP contribution is 2.19. The van der Waals surface area contributed by atoms with E-state index in [0.29, 0.717) is 11.6 Å². The van der Waals surface area contributed by atoms with Crippen molar-refractivity contribution in [1.29, 1.82) is 0 Å². The van der Waals surface area contributed by atoms with Crippen molar-refractivity contribution in [3.63, 3.8) is 0 Å². The minimum atomic E-state index is -0.897. The van der Waals surface area contributed by atoms with Crippen molar-refractivity contribution < 1.29 is 9.90 Å². The first-order valence-corrected chi connectivity index (χ1v) is 6.50. The van der Waals surface area contributed by atoms with Crippen molar-refractivity contribution in [2.75, 3.05) is 11.9 Å². The molecule has 0 aliphatic carbocycles. The van der Waals surface area contributed by atoms with Gasteiger partial charge in [-0.25, -0.2) is 9.78 Å². The molecule has 0 unspecified atom stereocenters. The Bertz CT molecular complexity index is 414. The van der Waals surface area contributed by atoms with E-state index in [1.54, 1.807) is 12.1 Å². The van der Waals surface area contributed by atoms with Gasteiger partial charge in [-0.3, -0.25) is 0 Å². The molecule has 0 atom stereocenters. The largest absolute Gasteiger partial charge is 0.478 e. The topological polar surface area (TPSA) is 53.4 Å². The molecule has 100 valence electrons. The summed E-state index contributed by atoms with van der Waals surface area (Å²) in [6.07, 6.45) is 2.78. The smallest absolute Gasteiger partial charge is 0.335 e. The van der Waals surface area contributed by atoms with E-state index in [2.05, 4.69) is 23.7 Å². The third-order valence-electron chi connectivity index (χ3n) is 3.33. The van der Waals surface area contributed by atoms with Crippen LogP contribution in [0.25, 0.3) is 0 Å². The van der Waals surface area contributed by atoms with Crippen molar-refractivity contribution in [3.8, 4) is 0 Å². The van der Waals surface area contributed by atoms with Crippen LogP contribution in [0, 0.1) is 0 Å². The van der Waals surface area contributed by atoms with Gasteiger partial charge in [0.25, 0.3) is 0 Å². The third-order valence-corrected chi connectivity index (χ3v) is 3.33. The van der Waals surface area contributed by atoms with Crippen molar-refractivity contribution in [1.82, 2.24) is 4.98 Å². The second kappa shape index (κ2) is 6.38. The van der Waals surface area contributed by atoms with Crippen LogP contribution < -0.4 is 4.90 Å². The van der Waals surface area contributed by atoms with Gasteiger partial charge in [0, 0.05) is 18.8 Å². The Morgan fingerprint density at radius 1 is 1.33 bits per heavy atom. The molecular formula is C14H22N2O2. The monoisotopic (exact) mass is 250 g/mol. The standard InChI is InChI=1S/C14H22N2O2/c1-5-11-8-10(14(17)18)9-13(15-11)16(4)12(6-2)7-3/h8-9,12H,5-7H2,1-4H3,(H,17,18). The van der Waals surface area contributed by atoms with E-state index >= 15 is 0 Å². The molecule has 1 rings (SSSR count). The average molecular weight is 250 g/mol. The van der Waals surface area contributed by atoms with E-state index in [-0.39, 0.29) is 0 Å². The zero-order chi connectivity index (χ0) is 13.7. The summed E-state index contributed by atoms with van der Waals surface area (Å²) in [5.74, 6) is -0.147. The number of aromatic carboxylic acids is 1. The lowest BCUT2D eigenvalue weighted by Gasteiger charge is -2.27. The molecular weight excluding hydrogens is 228 g/mol. The van der Waals surface area contributed by atoms with Crippen LogP contribution in [0.15, 0.2) is 12.1 Å². The Kier molecular flexibility index (Phi) is 5.13. The summed E-state index contributed by atoms with van der Waals surface area (Å²) in [7, 11) is 1.98. The molecule has 4 heteroatoms. The number of carbonyl (C=O) groups is 1. The van der Waals surface area contributed by atoms with Gasteiger partial charge in [-0.2, -0.15) is 0 Å². The molecule has 4 nitrogen and oxygen atoms in total. The number of pyridine rings is 1. The molecule has 0 bridgehead atoms. The van der Waals surface area contributed by atoms with Gasteiger partial charge < -0.3 is 10.0 Å². The summed E-state index contributed by atoms with van der Waals surface area (Å²) in [6, 6.07) is 3.69. The van der Waals surface area contributed by atoms with Gasteiger partial charge >= 0.3 is 5.97 Å². The molecule has 0 spiro atoms. The van der Waals surface area contributed by atoms with E-state index in [0.717, 1.165) is 30.8 Å². The van der Waals surface area contributed by atoms with Crippen LogP contribution in [-0.2, 0) is 6.42 Å². The highest BCUT2D eigenvalue weighted by molar-refractivity contribution is 5.88. The molecule has 0 amide bonds. The minimum Gasteiger partial charge on any atom is -0.478 e. The fourth-order valence-corrected chi connectivity index (χ4v) is 2.08. The molecule has 0 fully saturated rings. The molecule has 1 heterocycles. The summed E-state index contributed by atoms with van der Waals surface area (Å²) in [4.78, 5) is 17.7. The van der Waals surface area contributed by atoms with E-state index in [9.17, 15) is 4.79 Å². The summed E-state index contributed by atoms with van der Waals surface area (Å²) in [5, 5.41) is 9.12. The van der Waals surface area contributed by atoms with Gasteiger partial charge in [-0.05, 0) is 31.4 Å². The molecule has 0 radical (unpaired) electrons. The zero-order valence-electron chi connectivity index (χ0n) is 11.6. The number of aryl methyl sites for hydroxylation is 1. The lowest BCUT2D eigenvalue weighted by Crippen LogP contribution is -2.31. The first kappa shape index (κ1) is 14.5. The minimum absolute atomic E-state index is 0.314. The van der Waals surface area contributed by atoms with Crippen molar-refractivity contribution >= 4 is 11.8 Å². The average Bonchev–Trinajstić information content (AvgIpc) is 2.39. The Morgan fingerprint density at radius 3 is 2.39 bits per heavy atom. The zero-order valence-corrected chi connectivity index (χ0v) is 11.6. The Morgan fingerprint density at radius 2 is 1.94 bits per heavy atom. The molecule has 0 aliphatic rings. The highest BCUT2D eigenvalue weighted by atomic mass is 16.4. The van der Waals surface area contributed by atoms with Crippen LogP contribution >= 0.6 is 0 Å². The van der Waals surface area contributed by atoms with Crippen LogP contribution in [0.1, 0.15) is 49.7 Å². The van der Waals surface area contributed by atoms with Crippen LogP contribution in [-0.4, -0.2) is 29.1 Å². The van der Waals surface area contributed by atoms with Gasteiger partial charge in [0.1, 0.15) is 5.82 Å². The number of rotatable bonds is 6. The molecule has 0 saturated heterocycles. The molecule has 0 aromatic carbocycles. The van der Waals surface area contributed by atoms with Crippen LogP contribution in [0.2, 0.25) is 0 Å². The fourth-order valence-electron chi connectivity index (χ4n) is 2.08.